The molecule has 32 heavy (non-hydrogen) atoms. The van der Waals surface area contributed by atoms with Crippen molar-refractivity contribution in [2.24, 2.45) is 0 Å². The number of aromatic nitrogens is 1. The van der Waals surface area contributed by atoms with Crippen molar-refractivity contribution >= 4 is 17.4 Å². The maximum absolute atomic E-state index is 12.1. The van der Waals surface area contributed by atoms with E-state index in [1.165, 1.54) is 0 Å². The van der Waals surface area contributed by atoms with Gasteiger partial charge in [-0.1, -0.05) is 66.7 Å². The number of carbonyl (C=O) groups excluding carboxylic acids is 1. The number of nitrogens with zero attached hydrogens (tertiary/aromatic N) is 1. The highest BCUT2D eigenvalue weighted by molar-refractivity contribution is 5.80. The first-order valence-corrected chi connectivity index (χ1v) is 10.8. The van der Waals surface area contributed by atoms with Crippen LogP contribution in [0.3, 0.4) is 0 Å². The molecule has 1 amide bonds. The topological polar surface area (TPSA) is 79.3 Å². The van der Waals surface area contributed by atoms with Crippen molar-refractivity contribution in [3.63, 3.8) is 0 Å². The molecule has 0 saturated carbocycles. The summed E-state index contributed by atoms with van der Waals surface area (Å²) in [7, 11) is 0. The van der Waals surface area contributed by atoms with Crippen molar-refractivity contribution in [2.75, 3.05) is 6.54 Å². The fraction of sp³-hybridized carbons (Fsp3) is 0.222. The number of allylic oxidation sites excluding steroid dienone is 1. The lowest BCUT2D eigenvalue weighted by Gasteiger charge is -2.10. The third kappa shape index (κ3) is 7.51. The summed E-state index contributed by atoms with van der Waals surface area (Å²) >= 11 is 0. The second kappa shape index (κ2) is 12.2. The van der Waals surface area contributed by atoms with Gasteiger partial charge in [0, 0.05) is 30.9 Å². The van der Waals surface area contributed by atoms with Crippen LogP contribution in [0.15, 0.2) is 85.2 Å². The van der Waals surface area contributed by atoms with Gasteiger partial charge in [0.1, 0.15) is 0 Å². The first-order chi connectivity index (χ1) is 15.6. The Kier molecular flexibility index (Phi) is 8.75. The molecule has 5 nitrogen and oxygen atoms in total. The van der Waals surface area contributed by atoms with Gasteiger partial charge >= 0.3 is 5.97 Å². The summed E-state index contributed by atoms with van der Waals surface area (Å²) < 4.78 is 0. The highest BCUT2D eigenvalue weighted by Gasteiger charge is 2.07. The molecule has 0 aliphatic heterocycles. The molecule has 0 aliphatic carbocycles. The fourth-order valence-corrected chi connectivity index (χ4v) is 3.47. The summed E-state index contributed by atoms with van der Waals surface area (Å²) in [5, 5.41) is 11.8. The summed E-state index contributed by atoms with van der Waals surface area (Å²) in [4.78, 5) is 27.1. The van der Waals surface area contributed by atoms with Crippen LogP contribution >= 0.6 is 0 Å². The summed E-state index contributed by atoms with van der Waals surface area (Å²) in [6.45, 7) is 0.589. The lowest BCUT2D eigenvalue weighted by atomic mass is 9.96. The van der Waals surface area contributed by atoms with Gasteiger partial charge in [0.25, 0.3) is 0 Å². The van der Waals surface area contributed by atoms with Crippen LogP contribution in [0.4, 0.5) is 0 Å². The predicted molar refractivity (Wildman–Crippen MR) is 126 cm³/mol. The minimum Gasteiger partial charge on any atom is -0.481 e. The maximum atomic E-state index is 12.1. The summed E-state index contributed by atoms with van der Waals surface area (Å²) in [6, 6.07) is 21.9. The van der Waals surface area contributed by atoms with E-state index in [-0.39, 0.29) is 12.3 Å². The van der Waals surface area contributed by atoms with Crippen LogP contribution in [0.2, 0.25) is 0 Å². The van der Waals surface area contributed by atoms with Crippen molar-refractivity contribution in [1.82, 2.24) is 10.3 Å². The van der Waals surface area contributed by atoms with Gasteiger partial charge in [0.15, 0.2) is 0 Å². The number of unbranched alkanes of at least 4 members (excludes halogenated alkanes) is 1. The number of benzene rings is 2. The molecule has 0 saturated heterocycles. The van der Waals surface area contributed by atoms with E-state index < -0.39 is 5.97 Å². The normalized spacial score (nSPS) is 11.2. The van der Waals surface area contributed by atoms with E-state index in [4.69, 9.17) is 5.11 Å². The molecule has 2 aromatic carbocycles. The number of pyridine rings is 1. The third-order valence-electron chi connectivity index (χ3n) is 5.12. The van der Waals surface area contributed by atoms with Gasteiger partial charge < -0.3 is 10.4 Å². The van der Waals surface area contributed by atoms with Crippen LogP contribution in [0.25, 0.3) is 5.57 Å². The number of hydrogen-bond acceptors (Lipinski definition) is 3. The van der Waals surface area contributed by atoms with E-state index in [2.05, 4.69) is 40.6 Å². The smallest absolute Gasteiger partial charge is 0.303 e. The average molecular weight is 429 g/mol. The van der Waals surface area contributed by atoms with Gasteiger partial charge in [0.05, 0.1) is 6.42 Å². The summed E-state index contributed by atoms with van der Waals surface area (Å²) in [5.41, 5.74) is 5.26. The number of aliphatic carboxylic acids is 1. The monoisotopic (exact) mass is 428 g/mol. The van der Waals surface area contributed by atoms with E-state index in [1.807, 2.05) is 48.7 Å². The van der Waals surface area contributed by atoms with E-state index >= 15 is 0 Å². The minimum atomic E-state index is -0.776. The van der Waals surface area contributed by atoms with Crippen molar-refractivity contribution in [3.8, 4) is 0 Å². The largest absolute Gasteiger partial charge is 0.481 e. The average Bonchev–Trinajstić information content (AvgIpc) is 2.81. The Labute approximate surface area is 188 Å². The molecule has 5 heteroatoms. The van der Waals surface area contributed by atoms with Crippen LogP contribution in [-0.4, -0.2) is 28.5 Å². The van der Waals surface area contributed by atoms with Gasteiger partial charge in [-0.3, -0.25) is 14.6 Å². The number of nitrogens with one attached hydrogen (secondary N) is 1. The van der Waals surface area contributed by atoms with Gasteiger partial charge in [-0.15, -0.1) is 0 Å². The van der Waals surface area contributed by atoms with Crippen molar-refractivity contribution in [1.29, 1.82) is 0 Å². The zero-order chi connectivity index (χ0) is 22.6. The maximum Gasteiger partial charge on any atom is 0.303 e. The molecule has 1 heterocycles. The number of carbonyl (C=O) groups is 2. The molecule has 1 aromatic heterocycles. The van der Waals surface area contributed by atoms with Gasteiger partial charge in [-0.2, -0.15) is 0 Å². The molecular formula is C27H28N2O3. The van der Waals surface area contributed by atoms with E-state index in [9.17, 15) is 9.59 Å². The molecule has 0 bridgehead atoms. The summed E-state index contributed by atoms with van der Waals surface area (Å²) in [6.07, 6.45) is 8.22. The molecule has 0 fully saturated rings. The Morgan fingerprint density at radius 2 is 1.69 bits per heavy atom. The lowest BCUT2D eigenvalue weighted by Crippen LogP contribution is -2.27. The number of rotatable bonds is 11. The Balaban J connectivity index is 1.58. The molecule has 164 valence electrons. The molecule has 2 N–H and O–H groups in total. The van der Waals surface area contributed by atoms with Crippen molar-refractivity contribution in [3.05, 3.63) is 107 Å². The van der Waals surface area contributed by atoms with Crippen LogP contribution in [0, 0.1) is 0 Å². The standard InChI is InChI=1S/C27H28N2O3/c30-26(19-22-7-2-1-3-8-22)29-18-16-21-12-14-23(15-13-21)25(10-4-5-11-27(31)32)24-9-6-17-28-20-24/h1-3,6-10,12-15,17,20H,4-5,11,16,18-19H2,(H,29,30)(H,31,32)/b25-10+. The molecule has 3 rings (SSSR count). The van der Waals surface area contributed by atoms with Crippen molar-refractivity contribution < 1.29 is 14.7 Å². The number of carboxylic acids is 1. The predicted octanol–water partition coefficient (Wildman–Crippen LogP) is 4.67. The van der Waals surface area contributed by atoms with E-state index in [1.54, 1.807) is 6.20 Å². The molecule has 0 spiro atoms. The first kappa shape index (κ1) is 22.9. The number of carboxylic acid groups (broad SMARTS) is 1. The van der Waals surface area contributed by atoms with Gasteiger partial charge in [0.2, 0.25) is 5.91 Å². The number of hydrogen-bond donors (Lipinski definition) is 2. The quantitative estimate of drug-likeness (QED) is 0.435. The molecule has 0 aliphatic rings. The summed E-state index contributed by atoms with van der Waals surface area (Å²) in [5.74, 6) is -0.752. The van der Waals surface area contributed by atoms with Crippen molar-refractivity contribution in [2.45, 2.75) is 32.1 Å². The first-order valence-electron chi connectivity index (χ1n) is 10.8. The highest BCUT2D eigenvalue weighted by atomic mass is 16.4. The number of amides is 1. The SMILES string of the molecule is O=C(O)CCC/C=C(\c1ccc(CCNC(=O)Cc2ccccc2)cc1)c1cccnc1. The second-order valence-corrected chi connectivity index (χ2v) is 7.60. The minimum absolute atomic E-state index is 0.0241. The molecule has 0 radical (unpaired) electrons. The highest BCUT2D eigenvalue weighted by Crippen LogP contribution is 2.24. The van der Waals surface area contributed by atoms with Gasteiger partial charge in [-0.05, 0) is 47.6 Å². The van der Waals surface area contributed by atoms with Crippen LogP contribution in [0.5, 0.6) is 0 Å². The molecule has 0 atom stereocenters. The lowest BCUT2D eigenvalue weighted by molar-refractivity contribution is -0.137. The third-order valence-corrected chi connectivity index (χ3v) is 5.12. The van der Waals surface area contributed by atoms with E-state index in [0.29, 0.717) is 25.8 Å². The Morgan fingerprint density at radius 3 is 2.38 bits per heavy atom. The Bertz CT molecular complexity index is 1030. The van der Waals surface area contributed by atoms with Crippen LogP contribution < -0.4 is 5.32 Å². The van der Waals surface area contributed by atoms with Crippen LogP contribution in [0.1, 0.15) is 41.5 Å². The molecule has 3 aromatic rings. The zero-order valence-corrected chi connectivity index (χ0v) is 18.0. The Hall–Kier alpha value is -3.73. The van der Waals surface area contributed by atoms with Gasteiger partial charge in [-0.25, -0.2) is 0 Å². The second-order valence-electron chi connectivity index (χ2n) is 7.60. The molecule has 0 unspecified atom stereocenters. The fourth-order valence-electron chi connectivity index (χ4n) is 3.47. The van der Waals surface area contributed by atoms with E-state index in [0.717, 1.165) is 34.2 Å². The Morgan fingerprint density at radius 1 is 0.906 bits per heavy atom. The zero-order valence-electron chi connectivity index (χ0n) is 18.0. The molecular weight excluding hydrogens is 400 g/mol. The van der Waals surface area contributed by atoms with Crippen LogP contribution in [-0.2, 0) is 22.4 Å².